The number of benzene rings is 1. The van der Waals surface area contributed by atoms with E-state index in [1.165, 1.54) is 25.5 Å². The summed E-state index contributed by atoms with van der Waals surface area (Å²) >= 11 is 0. The van der Waals surface area contributed by atoms with Crippen molar-refractivity contribution in [2.75, 3.05) is 18.5 Å². The predicted molar refractivity (Wildman–Crippen MR) is 103 cm³/mol. The van der Waals surface area contributed by atoms with E-state index in [1.807, 2.05) is 0 Å². The van der Waals surface area contributed by atoms with E-state index >= 15 is 0 Å². The monoisotopic (exact) mass is 370 g/mol. The van der Waals surface area contributed by atoms with Gasteiger partial charge in [0.15, 0.2) is 5.76 Å². The maximum absolute atomic E-state index is 12.2. The van der Waals surface area contributed by atoms with Crippen LogP contribution < -0.4 is 10.6 Å². The maximum atomic E-state index is 12.2. The normalized spacial score (nSPS) is 14.7. The van der Waals surface area contributed by atoms with E-state index in [0.717, 1.165) is 19.3 Å². The van der Waals surface area contributed by atoms with Crippen LogP contribution in [0.1, 0.15) is 59.4 Å². The van der Waals surface area contributed by atoms with Gasteiger partial charge < -0.3 is 19.8 Å². The van der Waals surface area contributed by atoms with Crippen LogP contribution in [0.2, 0.25) is 0 Å². The lowest BCUT2D eigenvalue weighted by Gasteiger charge is -2.21. The largest absolute Gasteiger partial charge is 0.459 e. The van der Waals surface area contributed by atoms with Gasteiger partial charge in [0.25, 0.3) is 11.8 Å². The highest BCUT2D eigenvalue weighted by Crippen LogP contribution is 2.20. The Morgan fingerprint density at radius 1 is 1.04 bits per heavy atom. The van der Waals surface area contributed by atoms with Gasteiger partial charge in [-0.05, 0) is 55.7 Å². The van der Waals surface area contributed by atoms with Gasteiger partial charge in [0, 0.05) is 24.4 Å². The minimum absolute atomic E-state index is 0.128. The number of nitrogens with one attached hydrogen (secondary N) is 2. The van der Waals surface area contributed by atoms with Crippen LogP contribution in [0.5, 0.6) is 0 Å². The molecule has 0 bridgehead atoms. The number of carbonyl (C=O) groups excluding carboxylic acids is 2. The van der Waals surface area contributed by atoms with Crippen molar-refractivity contribution in [3.05, 3.63) is 54.0 Å². The van der Waals surface area contributed by atoms with E-state index in [9.17, 15) is 9.59 Å². The first-order valence-corrected chi connectivity index (χ1v) is 9.57. The standard InChI is InChI=1S/C21H26N2O4/c24-20(22-13-5-15-26-18-6-2-1-3-7-18)16-9-11-17(12-10-16)23-21(25)19-8-4-14-27-19/h4,8-12,14,18H,1-3,5-7,13,15H2,(H,22,24)(H,23,25). The summed E-state index contributed by atoms with van der Waals surface area (Å²) in [5, 5.41) is 5.62. The number of carbonyl (C=O) groups is 2. The number of hydrogen-bond donors (Lipinski definition) is 2. The van der Waals surface area contributed by atoms with Gasteiger partial charge in [0.1, 0.15) is 0 Å². The molecule has 3 rings (SSSR count). The molecule has 1 aliphatic carbocycles. The molecule has 0 saturated heterocycles. The molecule has 1 aliphatic rings. The van der Waals surface area contributed by atoms with Crippen molar-refractivity contribution >= 4 is 17.5 Å². The van der Waals surface area contributed by atoms with Gasteiger partial charge >= 0.3 is 0 Å². The van der Waals surface area contributed by atoms with Crippen LogP contribution in [0.15, 0.2) is 47.1 Å². The first-order chi connectivity index (χ1) is 13.2. The first kappa shape index (κ1) is 19.2. The smallest absolute Gasteiger partial charge is 0.291 e. The molecule has 0 unspecified atom stereocenters. The molecular weight excluding hydrogens is 344 g/mol. The minimum Gasteiger partial charge on any atom is -0.459 e. The molecule has 6 heteroatoms. The summed E-state index contributed by atoms with van der Waals surface area (Å²) in [5.74, 6) is -0.209. The van der Waals surface area contributed by atoms with E-state index in [2.05, 4.69) is 10.6 Å². The minimum atomic E-state index is -0.324. The fourth-order valence-corrected chi connectivity index (χ4v) is 3.16. The third-order valence-corrected chi connectivity index (χ3v) is 4.66. The lowest BCUT2D eigenvalue weighted by atomic mass is 9.98. The van der Waals surface area contributed by atoms with Crippen molar-refractivity contribution in [1.29, 1.82) is 0 Å². The van der Waals surface area contributed by atoms with E-state index < -0.39 is 0 Å². The zero-order chi connectivity index (χ0) is 18.9. The molecule has 6 nitrogen and oxygen atoms in total. The van der Waals surface area contributed by atoms with Crippen LogP contribution in [0.25, 0.3) is 0 Å². The van der Waals surface area contributed by atoms with Gasteiger partial charge in [-0.3, -0.25) is 9.59 Å². The second kappa shape index (κ2) is 9.92. The Hall–Kier alpha value is -2.60. The van der Waals surface area contributed by atoms with Crippen molar-refractivity contribution in [3.63, 3.8) is 0 Å². The first-order valence-electron chi connectivity index (χ1n) is 9.57. The predicted octanol–water partition coefficient (Wildman–Crippen LogP) is 4.00. The van der Waals surface area contributed by atoms with Gasteiger partial charge in [0.05, 0.1) is 12.4 Å². The molecule has 1 heterocycles. The number of furan rings is 1. The van der Waals surface area contributed by atoms with Crippen LogP contribution >= 0.6 is 0 Å². The third-order valence-electron chi connectivity index (χ3n) is 4.66. The van der Waals surface area contributed by atoms with Crippen molar-refractivity contribution in [1.82, 2.24) is 5.32 Å². The average molecular weight is 370 g/mol. The highest BCUT2D eigenvalue weighted by Gasteiger charge is 2.13. The molecule has 2 aromatic rings. The Kier molecular flexibility index (Phi) is 7.04. The van der Waals surface area contributed by atoms with Gasteiger partial charge in [-0.1, -0.05) is 19.3 Å². The maximum Gasteiger partial charge on any atom is 0.291 e. The van der Waals surface area contributed by atoms with Crippen LogP contribution in [-0.4, -0.2) is 31.1 Å². The fraction of sp³-hybridized carbons (Fsp3) is 0.429. The molecule has 1 saturated carbocycles. The highest BCUT2D eigenvalue weighted by molar-refractivity contribution is 6.02. The summed E-state index contributed by atoms with van der Waals surface area (Å²) < 4.78 is 10.9. The molecule has 1 fully saturated rings. The highest BCUT2D eigenvalue weighted by atomic mass is 16.5. The van der Waals surface area contributed by atoms with Crippen molar-refractivity contribution in [3.8, 4) is 0 Å². The topological polar surface area (TPSA) is 80.6 Å². The molecular formula is C21H26N2O4. The Balaban J connectivity index is 1.36. The lowest BCUT2D eigenvalue weighted by molar-refractivity contribution is 0.0273. The molecule has 2 N–H and O–H groups in total. The molecule has 0 atom stereocenters. The second-order valence-corrected chi connectivity index (χ2v) is 6.75. The van der Waals surface area contributed by atoms with Crippen LogP contribution in [0, 0.1) is 0 Å². The Labute approximate surface area is 159 Å². The molecule has 27 heavy (non-hydrogen) atoms. The quantitative estimate of drug-likeness (QED) is 0.688. The van der Waals surface area contributed by atoms with Crippen LogP contribution in [0.3, 0.4) is 0 Å². The number of ether oxygens (including phenoxy) is 1. The van der Waals surface area contributed by atoms with Crippen molar-refractivity contribution in [2.45, 2.75) is 44.6 Å². The summed E-state index contributed by atoms with van der Waals surface area (Å²) in [6.07, 6.45) is 8.82. The molecule has 0 aliphatic heterocycles. The Bertz CT molecular complexity index is 719. The zero-order valence-electron chi connectivity index (χ0n) is 15.4. The molecule has 1 aromatic carbocycles. The molecule has 144 valence electrons. The summed E-state index contributed by atoms with van der Waals surface area (Å²) in [7, 11) is 0. The zero-order valence-corrected chi connectivity index (χ0v) is 15.4. The Morgan fingerprint density at radius 3 is 2.52 bits per heavy atom. The fourth-order valence-electron chi connectivity index (χ4n) is 3.16. The number of amides is 2. The Morgan fingerprint density at radius 2 is 1.81 bits per heavy atom. The summed E-state index contributed by atoms with van der Waals surface area (Å²) in [6, 6.07) is 10.0. The van der Waals surface area contributed by atoms with Crippen LogP contribution in [-0.2, 0) is 4.74 Å². The van der Waals surface area contributed by atoms with Gasteiger partial charge in [-0.25, -0.2) is 0 Å². The summed E-state index contributed by atoms with van der Waals surface area (Å²) in [5.41, 5.74) is 1.16. The van der Waals surface area contributed by atoms with Crippen molar-refractivity contribution < 1.29 is 18.7 Å². The second-order valence-electron chi connectivity index (χ2n) is 6.75. The van der Waals surface area contributed by atoms with Gasteiger partial charge in [0.2, 0.25) is 0 Å². The van der Waals surface area contributed by atoms with Gasteiger partial charge in [-0.15, -0.1) is 0 Å². The lowest BCUT2D eigenvalue weighted by Crippen LogP contribution is -2.26. The summed E-state index contributed by atoms with van der Waals surface area (Å²) in [6.45, 7) is 1.27. The average Bonchev–Trinajstić information content (AvgIpc) is 3.24. The van der Waals surface area contributed by atoms with E-state index in [0.29, 0.717) is 30.5 Å². The van der Waals surface area contributed by atoms with Crippen molar-refractivity contribution in [2.24, 2.45) is 0 Å². The molecule has 1 aromatic heterocycles. The van der Waals surface area contributed by atoms with E-state index in [-0.39, 0.29) is 17.6 Å². The number of hydrogen-bond acceptors (Lipinski definition) is 4. The van der Waals surface area contributed by atoms with Crippen LogP contribution in [0.4, 0.5) is 5.69 Å². The summed E-state index contributed by atoms with van der Waals surface area (Å²) in [4.78, 5) is 24.1. The number of anilines is 1. The molecule has 2 amide bonds. The van der Waals surface area contributed by atoms with E-state index in [4.69, 9.17) is 9.15 Å². The van der Waals surface area contributed by atoms with Gasteiger partial charge in [-0.2, -0.15) is 0 Å². The molecule has 0 radical (unpaired) electrons. The van der Waals surface area contributed by atoms with E-state index in [1.54, 1.807) is 36.4 Å². The third kappa shape index (κ3) is 5.96. The molecule has 0 spiro atoms. The number of rotatable bonds is 8. The SMILES string of the molecule is O=C(NCCCOC1CCCCC1)c1ccc(NC(=O)c2ccco2)cc1.